The number of benzene rings is 1. The van der Waals surface area contributed by atoms with E-state index in [1.165, 1.54) is 18.3 Å². The van der Waals surface area contributed by atoms with Crippen molar-refractivity contribution in [3.8, 4) is 0 Å². The Morgan fingerprint density at radius 2 is 2.06 bits per heavy atom. The number of fused-ring (bicyclic) bond motifs is 1. The van der Waals surface area contributed by atoms with Crippen molar-refractivity contribution in [1.82, 2.24) is 0 Å². The average molecular weight is 267 g/mol. The van der Waals surface area contributed by atoms with E-state index in [1.807, 2.05) is 20.8 Å². The molecule has 0 saturated heterocycles. The van der Waals surface area contributed by atoms with E-state index in [2.05, 4.69) is 4.40 Å². The second kappa shape index (κ2) is 4.65. The summed E-state index contributed by atoms with van der Waals surface area (Å²) in [6, 6.07) is 5.95. The van der Waals surface area contributed by atoms with E-state index >= 15 is 0 Å². The molecule has 1 atom stereocenters. The Bertz CT molecular complexity index is 625. The van der Waals surface area contributed by atoms with Crippen LogP contribution in [0.15, 0.2) is 33.1 Å². The fourth-order valence-corrected chi connectivity index (χ4v) is 1.87. The number of hydrogen-bond acceptors (Lipinski definition) is 2. The summed E-state index contributed by atoms with van der Waals surface area (Å²) in [5.41, 5.74) is 0.583. The lowest BCUT2D eigenvalue weighted by Gasteiger charge is -2.12. The molecule has 1 aromatic carbocycles. The highest BCUT2D eigenvalue weighted by Crippen LogP contribution is 2.20. The highest BCUT2D eigenvalue weighted by Gasteiger charge is 2.18. The van der Waals surface area contributed by atoms with Crippen LogP contribution in [0.5, 0.6) is 0 Å². The summed E-state index contributed by atoms with van der Waals surface area (Å²) in [7, 11) is -1.33. The number of rotatable bonds is 2. The molecule has 3 nitrogen and oxygen atoms in total. The van der Waals surface area contributed by atoms with E-state index in [0.717, 1.165) is 0 Å². The van der Waals surface area contributed by atoms with Crippen LogP contribution in [-0.2, 0) is 11.0 Å². The van der Waals surface area contributed by atoms with Gasteiger partial charge in [-0.15, -0.1) is 0 Å². The van der Waals surface area contributed by atoms with Crippen molar-refractivity contribution in [2.75, 3.05) is 0 Å². The standard InChI is InChI=1S/C13H14FNO2S/c1-13(2,3)18(16)15-8-11-7-9-6-10(14)4-5-12(9)17-11/h4-8H,1-3H3. The third-order valence-corrected chi connectivity index (χ3v) is 3.64. The van der Waals surface area contributed by atoms with Crippen molar-refractivity contribution in [2.24, 2.45) is 4.40 Å². The van der Waals surface area contributed by atoms with Gasteiger partial charge in [0.05, 0.1) is 11.0 Å². The maximum Gasteiger partial charge on any atom is 0.147 e. The molecule has 96 valence electrons. The smallest absolute Gasteiger partial charge is 0.147 e. The van der Waals surface area contributed by atoms with Crippen molar-refractivity contribution >= 4 is 28.2 Å². The third-order valence-electron chi connectivity index (χ3n) is 2.30. The van der Waals surface area contributed by atoms with Crippen LogP contribution >= 0.6 is 0 Å². The number of hydrogen-bond donors (Lipinski definition) is 0. The van der Waals surface area contributed by atoms with Gasteiger partial charge in [-0.1, -0.05) is 0 Å². The molecule has 0 saturated carbocycles. The van der Waals surface area contributed by atoms with Gasteiger partial charge in [0.1, 0.15) is 28.1 Å². The predicted molar refractivity (Wildman–Crippen MR) is 71.7 cm³/mol. The van der Waals surface area contributed by atoms with Gasteiger partial charge in [0.2, 0.25) is 0 Å². The number of furan rings is 1. The molecule has 2 aromatic rings. The summed E-state index contributed by atoms with van der Waals surface area (Å²) < 4.78 is 33.7. The third kappa shape index (κ3) is 2.85. The Balaban J connectivity index is 2.27. The first-order valence-electron chi connectivity index (χ1n) is 5.51. The van der Waals surface area contributed by atoms with Crippen LogP contribution in [0.25, 0.3) is 11.0 Å². The molecule has 1 heterocycles. The van der Waals surface area contributed by atoms with Crippen LogP contribution in [-0.4, -0.2) is 15.2 Å². The monoisotopic (exact) mass is 267 g/mol. The van der Waals surface area contributed by atoms with Gasteiger partial charge in [0, 0.05) is 5.39 Å². The Hall–Kier alpha value is -1.49. The normalized spacial score (nSPS) is 14.4. The van der Waals surface area contributed by atoms with Crippen LogP contribution < -0.4 is 0 Å². The van der Waals surface area contributed by atoms with E-state index in [4.69, 9.17) is 4.42 Å². The highest BCUT2D eigenvalue weighted by atomic mass is 32.2. The zero-order valence-corrected chi connectivity index (χ0v) is 11.3. The van der Waals surface area contributed by atoms with E-state index in [1.54, 1.807) is 12.1 Å². The molecule has 2 rings (SSSR count). The number of halogens is 1. The minimum atomic E-state index is -1.33. The molecule has 0 radical (unpaired) electrons. The van der Waals surface area contributed by atoms with Crippen LogP contribution in [0, 0.1) is 5.82 Å². The summed E-state index contributed by atoms with van der Waals surface area (Å²) in [5.74, 6) is 0.151. The summed E-state index contributed by atoms with van der Waals surface area (Å²) in [4.78, 5) is 0. The van der Waals surface area contributed by atoms with E-state index in [0.29, 0.717) is 16.7 Å². The van der Waals surface area contributed by atoms with Crippen molar-refractivity contribution < 1.29 is 13.0 Å². The molecular weight excluding hydrogens is 253 g/mol. The topological polar surface area (TPSA) is 42.6 Å². The van der Waals surface area contributed by atoms with Crippen molar-refractivity contribution in [2.45, 2.75) is 25.5 Å². The lowest BCUT2D eigenvalue weighted by atomic mass is 10.2. The predicted octanol–water partition coefficient (Wildman–Crippen LogP) is 3.45. The first kappa shape index (κ1) is 13.0. The van der Waals surface area contributed by atoms with Gasteiger partial charge in [-0.2, -0.15) is 4.40 Å². The molecular formula is C13H14FNO2S. The molecule has 5 heteroatoms. The van der Waals surface area contributed by atoms with E-state index < -0.39 is 15.7 Å². The second-order valence-corrected chi connectivity index (χ2v) is 6.86. The molecule has 0 spiro atoms. The fourth-order valence-electron chi connectivity index (χ4n) is 1.36. The molecule has 0 amide bonds. The van der Waals surface area contributed by atoms with Crippen LogP contribution in [0.2, 0.25) is 0 Å². The Labute approximate surface area is 107 Å². The second-order valence-electron chi connectivity index (χ2n) is 4.93. The first-order chi connectivity index (χ1) is 8.36. The van der Waals surface area contributed by atoms with Gasteiger partial charge >= 0.3 is 0 Å². The zero-order chi connectivity index (χ0) is 13.3. The molecule has 0 N–H and O–H groups in total. The summed E-state index contributed by atoms with van der Waals surface area (Å²) in [6.07, 6.45) is 1.42. The van der Waals surface area contributed by atoms with Crippen molar-refractivity contribution in [3.63, 3.8) is 0 Å². The summed E-state index contributed by atoms with van der Waals surface area (Å²) in [5, 5.41) is 0.665. The van der Waals surface area contributed by atoms with Gasteiger partial charge in [-0.25, -0.2) is 8.60 Å². The van der Waals surface area contributed by atoms with E-state index in [9.17, 15) is 8.60 Å². The van der Waals surface area contributed by atoms with Gasteiger partial charge in [0.25, 0.3) is 0 Å². The molecule has 18 heavy (non-hydrogen) atoms. The summed E-state index contributed by atoms with van der Waals surface area (Å²) >= 11 is 0. The van der Waals surface area contributed by atoms with Crippen molar-refractivity contribution in [1.29, 1.82) is 0 Å². The lowest BCUT2D eigenvalue weighted by molar-refractivity contribution is 0.603. The first-order valence-corrected chi connectivity index (χ1v) is 6.62. The number of nitrogens with zero attached hydrogens (tertiary/aromatic N) is 1. The van der Waals surface area contributed by atoms with Crippen molar-refractivity contribution in [3.05, 3.63) is 35.8 Å². The van der Waals surface area contributed by atoms with Crippen LogP contribution in [0.1, 0.15) is 26.5 Å². The minimum Gasteiger partial charge on any atom is -0.455 e. The average Bonchev–Trinajstić information content (AvgIpc) is 2.66. The molecule has 0 aliphatic carbocycles. The zero-order valence-electron chi connectivity index (χ0n) is 10.4. The molecule has 0 fully saturated rings. The maximum absolute atomic E-state index is 13.0. The highest BCUT2D eigenvalue weighted by molar-refractivity contribution is 7.85. The fraction of sp³-hybridized carbons (Fsp3) is 0.308. The SMILES string of the molecule is CC(C)(C)S(=O)N=Cc1cc2cc(F)ccc2o1. The quantitative estimate of drug-likeness (QED) is 0.782. The molecule has 0 aliphatic rings. The Morgan fingerprint density at radius 1 is 1.33 bits per heavy atom. The molecule has 1 unspecified atom stereocenters. The van der Waals surface area contributed by atoms with Gasteiger partial charge in [-0.05, 0) is 45.0 Å². The molecule has 0 bridgehead atoms. The van der Waals surface area contributed by atoms with Crippen LogP contribution in [0.3, 0.4) is 0 Å². The minimum absolute atomic E-state index is 0.315. The van der Waals surface area contributed by atoms with Gasteiger partial charge in [-0.3, -0.25) is 0 Å². The van der Waals surface area contributed by atoms with Crippen LogP contribution in [0.4, 0.5) is 4.39 Å². The van der Waals surface area contributed by atoms with Gasteiger partial charge in [0.15, 0.2) is 0 Å². The maximum atomic E-state index is 13.0. The lowest BCUT2D eigenvalue weighted by Crippen LogP contribution is -2.19. The Morgan fingerprint density at radius 3 is 2.72 bits per heavy atom. The molecule has 1 aromatic heterocycles. The Kier molecular flexibility index (Phi) is 3.34. The van der Waals surface area contributed by atoms with Gasteiger partial charge < -0.3 is 4.42 Å². The largest absolute Gasteiger partial charge is 0.455 e. The molecule has 0 aliphatic heterocycles. The van der Waals surface area contributed by atoms with E-state index in [-0.39, 0.29) is 5.82 Å². The summed E-state index contributed by atoms with van der Waals surface area (Å²) in [6.45, 7) is 5.53.